The second-order valence-electron chi connectivity index (χ2n) is 5.08. The highest BCUT2D eigenvalue weighted by molar-refractivity contribution is 5.50. The summed E-state index contributed by atoms with van der Waals surface area (Å²) >= 11 is 0. The summed E-state index contributed by atoms with van der Waals surface area (Å²) in [5, 5.41) is 10.9. The third-order valence-electron chi connectivity index (χ3n) is 3.19. The Bertz CT molecular complexity index is 377. The van der Waals surface area contributed by atoms with E-state index < -0.39 is 0 Å². The van der Waals surface area contributed by atoms with Gasteiger partial charge in [-0.05, 0) is 19.3 Å². The minimum absolute atomic E-state index is 0.222. The van der Waals surface area contributed by atoms with E-state index in [0.717, 1.165) is 57.8 Å². The predicted octanol–water partition coefficient (Wildman–Crippen LogP) is 4.57. The summed E-state index contributed by atoms with van der Waals surface area (Å²) in [6.45, 7) is 2.12. The van der Waals surface area contributed by atoms with Gasteiger partial charge in [0, 0.05) is 19.3 Å². The maximum absolute atomic E-state index is 10.9. The van der Waals surface area contributed by atoms with Crippen LogP contribution in [0.1, 0.15) is 77.6 Å². The van der Waals surface area contributed by atoms with E-state index in [4.69, 9.17) is 0 Å². The Morgan fingerprint density at radius 3 is 2.33 bits per heavy atom. The van der Waals surface area contributed by atoms with Crippen LogP contribution in [-0.2, 0) is 4.79 Å². The van der Waals surface area contributed by atoms with Crippen LogP contribution in [-0.4, -0.2) is 11.2 Å². The molecule has 4 heteroatoms. The van der Waals surface area contributed by atoms with E-state index in [9.17, 15) is 14.9 Å². The Kier molecular flexibility index (Phi) is 13.6. The van der Waals surface area contributed by atoms with E-state index in [2.05, 4.69) is 18.8 Å². The lowest BCUT2D eigenvalue weighted by atomic mass is 10.1. The molecule has 0 saturated heterocycles. The molecule has 0 aromatic rings. The van der Waals surface area contributed by atoms with Crippen molar-refractivity contribution in [2.45, 2.75) is 77.6 Å². The Labute approximate surface area is 128 Å². The van der Waals surface area contributed by atoms with Crippen LogP contribution in [0.15, 0.2) is 11.8 Å². The normalized spacial score (nSPS) is 10.8. The molecule has 117 valence electrons. The molecule has 0 spiro atoms. The predicted molar refractivity (Wildman–Crippen MR) is 85.0 cm³/mol. The minimum atomic E-state index is -0.323. The molecular formula is C17H26NO3. The molecule has 0 N–H and O–H groups in total. The first-order valence-corrected chi connectivity index (χ1v) is 7.89. The number of hydrogen-bond acceptors (Lipinski definition) is 3. The van der Waals surface area contributed by atoms with Gasteiger partial charge in [-0.15, -0.1) is 0 Å². The van der Waals surface area contributed by atoms with Crippen molar-refractivity contribution < 1.29 is 9.72 Å². The van der Waals surface area contributed by atoms with Gasteiger partial charge in [0.15, 0.2) is 6.29 Å². The van der Waals surface area contributed by atoms with E-state index in [1.807, 2.05) is 6.29 Å². The van der Waals surface area contributed by atoms with E-state index in [1.54, 1.807) is 0 Å². The standard InChI is InChI=1S/C17H26NO3/c1-2-3-4-11-14-17(18(20)21)15-12-9-7-5-6-8-10-13-16-19/h15H,2-8,10-11,13-14H2,1H3/b17-15-. The largest absolute Gasteiger partial charge is 0.291 e. The molecular weight excluding hydrogens is 266 g/mol. The van der Waals surface area contributed by atoms with Crippen molar-refractivity contribution in [1.82, 2.24) is 0 Å². The van der Waals surface area contributed by atoms with Crippen LogP contribution in [0.2, 0.25) is 0 Å². The van der Waals surface area contributed by atoms with E-state index >= 15 is 0 Å². The lowest BCUT2D eigenvalue weighted by Gasteiger charge is -1.97. The number of hydrogen-bond donors (Lipinski definition) is 0. The molecule has 0 aromatic heterocycles. The first-order valence-electron chi connectivity index (χ1n) is 7.89. The van der Waals surface area contributed by atoms with Gasteiger partial charge in [-0.2, -0.15) is 0 Å². The molecule has 0 aliphatic rings. The molecule has 0 unspecified atom stereocenters. The summed E-state index contributed by atoms with van der Waals surface area (Å²) in [6, 6.07) is 0. The second-order valence-corrected chi connectivity index (χ2v) is 5.08. The van der Waals surface area contributed by atoms with Gasteiger partial charge in [-0.1, -0.05) is 50.9 Å². The maximum Gasteiger partial charge on any atom is 0.254 e. The molecule has 0 saturated carbocycles. The minimum Gasteiger partial charge on any atom is -0.291 e. The zero-order valence-corrected chi connectivity index (χ0v) is 13.0. The first kappa shape index (κ1) is 19.4. The van der Waals surface area contributed by atoms with Crippen LogP contribution in [0, 0.1) is 22.0 Å². The van der Waals surface area contributed by atoms with Crippen molar-refractivity contribution in [3.05, 3.63) is 21.9 Å². The fraction of sp³-hybridized carbons (Fsp3) is 0.706. The molecule has 0 heterocycles. The van der Waals surface area contributed by atoms with Crippen LogP contribution in [0.3, 0.4) is 0 Å². The van der Waals surface area contributed by atoms with Crippen LogP contribution in [0.5, 0.6) is 0 Å². The summed E-state index contributed by atoms with van der Waals surface area (Å²) in [7, 11) is 0. The molecule has 21 heavy (non-hydrogen) atoms. The van der Waals surface area contributed by atoms with E-state index in [-0.39, 0.29) is 10.6 Å². The smallest absolute Gasteiger partial charge is 0.254 e. The number of unbranched alkanes of at least 4 members (excludes halogenated alkanes) is 8. The zero-order valence-electron chi connectivity index (χ0n) is 13.0. The van der Waals surface area contributed by atoms with Gasteiger partial charge in [0.2, 0.25) is 0 Å². The van der Waals surface area contributed by atoms with Crippen molar-refractivity contribution >= 4 is 6.29 Å². The molecule has 0 bridgehead atoms. The van der Waals surface area contributed by atoms with E-state index in [1.165, 1.54) is 6.08 Å². The maximum atomic E-state index is 10.9. The highest BCUT2D eigenvalue weighted by atomic mass is 16.6. The van der Waals surface area contributed by atoms with Gasteiger partial charge >= 0.3 is 0 Å². The summed E-state index contributed by atoms with van der Waals surface area (Å²) < 4.78 is 0. The average Bonchev–Trinajstić information content (AvgIpc) is 2.47. The Balaban J connectivity index is 3.89. The fourth-order valence-electron chi connectivity index (χ4n) is 1.92. The van der Waals surface area contributed by atoms with Crippen LogP contribution >= 0.6 is 0 Å². The fourth-order valence-corrected chi connectivity index (χ4v) is 1.92. The molecule has 4 nitrogen and oxygen atoms in total. The van der Waals surface area contributed by atoms with Crippen molar-refractivity contribution in [2.75, 3.05) is 0 Å². The van der Waals surface area contributed by atoms with Crippen LogP contribution < -0.4 is 0 Å². The molecule has 0 rings (SSSR count). The van der Waals surface area contributed by atoms with Gasteiger partial charge in [-0.25, -0.2) is 0 Å². The third kappa shape index (κ3) is 13.1. The monoisotopic (exact) mass is 292 g/mol. The highest BCUT2D eigenvalue weighted by Crippen LogP contribution is 2.10. The number of nitrogens with zero attached hydrogens (tertiary/aromatic N) is 1. The van der Waals surface area contributed by atoms with Crippen LogP contribution in [0.25, 0.3) is 0 Å². The molecule has 0 atom stereocenters. The molecule has 0 aromatic carbocycles. The number of carbonyl (C=O) groups excluding carboxylic acids is 1. The van der Waals surface area contributed by atoms with Gasteiger partial charge < -0.3 is 0 Å². The Morgan fingerprint density at radius 2 is 1.71 bits per heavy atom. The van der Waals surface area contributed by atoms with Crippen LogP contribution in [0.4, 0.5) is 0 Å². The van der Waals surface area contributed by atoms with Gasteiger partial charge in [0.25, 0.3) is 5.70 Å². The van der Waals surface area contributed by atoms with Gasteiger partial charge in [0.05, 0.1) is 11.0 Å². The third-order valence-corrected chi connectivity index (χ3v) is 3.19. The summed E-state index contributed by atoms with van der Waals surface area (Å²) in [6.07, 6.45) is 13.2. The van der Waals surface area contributed by atoms with Crippen molar-refractivity contribution in [2.24, 2.45) is 0 Å². The van der Waals surface area contributed by atoms with Crippen molar-refractivity contribution in [1.29, 1.82) is 0 Å². The first-order chi connectivity index (χ1) is 10.2. The number of allylic oxidation sites excluding steroid dienone is 2. The zero-order chi connectivity index (χ0) is 15.8. The Morgan fingerprint density at radius 1 is 1.05 bits per heavy atom. The SMILES string of the molecule is CCCCCC/C(=C/C#CCCCCCC[C]=O)[N+](=O)[O-]. The van der Waals surface area contributed by atoms with E-state index in [0.29, 0.717) is 12.8 Å². The van der Waals surface area contributed by atoms with Crippen molar-refractivity contribution in [3.8, 4) is 11.8 Å². The van der Waals surface area contributed by atoms with Crippen molar-refractivity contribution in [3.63, 3.8) is 0 Å². The Hall–Kier alpha value is -1.63. The summed E-state index contributed by atoms with van der Waals surface area (Å²) in [5.41, 5.74) is 0.222. The average molecular weight is 292 g/mol. The highest BCUT2D eigenvalue weighted by Gasteiger charge is 2.08. The van der Waals surface area contributed by atoms with Gasteiger partial charge in [0.1, 0.15) is 0 Å². The lowest BCUT2D eigenvalue weighted by Crippen LogP contribution is -1.98. The molecule has 0 aliphatic heterocycles. The molecule has 0 amide bonds. The summed E-state index contributed by atoms with van der Waals surface area (Å²) in [5.74, 6) is 5.75. The number of nitro groups is 1. The summed E-state index contributed by atoms with van der Waals surface area (Å²) in [4.78, 5) is 20.5. The van der Waals surface area contributed by atoms with Gasteiger partial charge in [-0.3, -0.25) is 14.9 Å². The topological polar surface area (TPSA) is 60.2 Å². The molecule has 0 fully saturated rings. The second kappa shape index (κ2) is 14.8. The number of rotatable bonds is 12. The molecule has 0 aliphatic carbocycles. The lowest BCUT2D eigenvalue weighted by molar-refractivity contribution is -0.428. The quantitative estimate of drug-likeness (QED) is 0.229. The molecule has 1 radical (unpaired) electrons.